The second-order valence-electron chi connectivity index (χ2n) is 2.87. The van der Waals surface area contributed by atoms with Crippen molar-refractivity contribution in [2.75, 3.05) is 13.2 Å². The Balaban J connectivity index is 2.52. The van der Waals surface area contributed by atoms with Crippen molar-refractivity contribution in [1.82, 2.24) is 9.97 Å². The van der Waals surface area contributed by atoms with Gasteiger partial charge in [0.2, 0.25) is 5.88 Å². The van der Waals surface area contributed by atoms with Crippen LogP contribution in [-0.2, 0) is 11.2 Å². The molecule has 1 rings (SSSR count). The fraction of sp³-hybridized carbons (Fsp3) is 0.500. The molecular formula is C8H9BrF2N2O3. The van der Waals surface area contributed by atoms with Crippen LogP contribution in [0.25, 0.3) is 0 Å². The Hall–Kier alpha value is -1.02. The van der Waals surface area contributed by atoms with Crippen LogP contribution >= 0.6 is 15.9 Å². The van der Waals surface area contributed by atoms with Gasteiger partial charge in [0.15, 0.2) is 0 Å². The van der Waals surface area contributed by atoms with Crippen molar-refractivity contribution in [1.29, 1.82) is 0 Å². The quantitative estimate of drug-likeness (QED) is 0.797. The van der Waals surface area contributed by atoms with Crippen molar-refractivity contribution in [3.63, 3.8) is 0 Å². The molecule has 1 aromatic heterocycles. The first-order chi connectivity index (χ1) is 7.50. The molecule has 0 radical (unpaired) electrons. The maximum Gasteiger partial charge on any atom is 0.269 e. The number of rotatable bonds is 5. The van der Waals surface area contributed by atoms with Gasteiger partial charge in [0.05, 0.1) is 6.61 Å². The summed E-state index contributed by atoms with van der Waals surface area (Å²) in [5.41, 5.74) is -0.531. The zero-order valence-corrected chi connectivity index (χ0v) is 9.63. The lowest BCUT2D eigenvalue weighted by Gasteiger charge is -2.03. The summed E-state index contributed by atoms with van der Waals surface area (Å²) in [4.78, 5) is 17.1. The molecule has 0 spiro atoms. The van der Waals surface area contributed by atoms with E-state index in [1.807, 2.05) is 0 Å². The van der Waals surface area contributed by atoms with E-state index >= 15 is 0 Å². The number of ether oxygens (including phenoxy) is 1. The Morgan fingerprint density at radius 3 is 2.81 bits per heavy atom. The fourth-order valence-corrected chi connectivity index (χ4v) is 1.14. The smallest absolute Gasteiger partial charge is 0.269 e. The van der Waals surface area contributed by atoms with Crippen molar-refractivity contribution in [3.8, 4) is 5.88 Å². The van der Waals surface area contributed by atoms with Crippen LogP contribution in [0.3, 0.4) is 0 Å². The van der Waals surface area contributed by atoms with Gasteiger partial charge in [0.1, 0.15) is 16.9 Å². The lowest BCUT2D eigenvalue weighted by Crippen LogP contribution is -2.14. The van der Waals surface area contributed by atoms with Crippen LogP contribution in [0.15, 0.2) is 9.27 Å². The first-order valence-electron chi connectivity index (χ1n) is 4.34. The van der Waals surface area contributed by atoms with E-state index in [0.29, 0.717) is 0 Å². The van der Waals surface area contributed by atoms with Crippen molar-refractivity contribution in [3.05, 3.63) is 20.7 Å². The van der Waals surface area contributed by atoms with E-state index in [1.165, 1.54) is 0 Å². The van der Waals surface area contributed by atoms with Crippen LogP contribution in [0.2, 0.25) is 0 Å². The van der Waals surface area contributed by atoms with E-state index in [0.717, 1.165) is 0 Å². The van der Waals surface area contributed by atoms with Gasteiger partial charge in [-0.05, 0) is 15.9 Å². The van der Waals surface area contributed by atoms with Crippen molar-refractivity contribution < 1.29 is 18.6 Å². The summed E-state index contributed by atoms with van der Waals surface area (Å²) >= 11 is 2.83. The SMILES string of the molecule is O=c1[nH]c(CCOCC(F)F)nc(O)c1Br. The molecule has 0 atom stereocenters. The highest BCUT2D eigenvalue weighted by Crippen LogP contribution is 2.14. The van der Waals surface area contributed by atoms with Crippen molar-refractivity contribution in [2.45, 2.75) is 12.8 Å². The molecule has 2 N–H and O–H groups in total. The molecule has 0 amide bonds. The molecule has 0 aliphatic heterocycles. The van der Waals surface area contributed by atoms with Gasteiger partial charge in [-0.25, -0.2) is 8.78 Å². The summed E-state index contributed by atoms with van der Waals surface area (Å²) in [6.07, 6.45) is -2.38. The Bertz CT molecular complexity index is 411. The molecular weight excluding hydrogens is 290 g/mol. The molecule has 0 aliphatic rings. The molecule has 0 saturated heterocycles. The number of alkyl halides is 2. The summed E-state index contributed by atoms with van der Waals surface area (Å²) in [6, 6.07) is 0. The highest BCUT2D eigenvalue weighted by Gasteiger charge is 2.08. The number of nitrogens with one attached hydrogen (secondary N) is 1. The second kappa shape index (κ2) is 5.90. The van der Waals surface area contributed by atoms with Crippen LogP contribution in [0.5, 0.6) is 5.88 Å². The molecule has 0 bridgehead atoms. The van der Waals surface area contributed by atoms with Gasteiger partial charge in [-0.2, -0.15) is 4.98 Å². The van der Waals surface area contributed by atoms with Crippen LogP contribution < -0.4 is 5.56 Å². The standard InChI is InChI=1S/C8H9BrF2N2O3/c9-6-7(14)12-5(13-8(6)15)1-2-16-3-4(10)11/h4H,1-3H2,(H2,12,13,14,15). The Labute approximate surface area is 97.6 Å². The van der Waals surface area contributed by atoms with Gasteiger partial charge in [-0.1, -0.05) is 0 Å². The topological polar surface area (TPSA) is 75.2 Å². The summed E-state index contributed by atoms with van der Waals surface area (Å²) in [5, 5.41) is 9.19. The minimum absolute atomic E-state index is 0.00560. The molecule has 0 aromatic carbocycles. The minimum Gasteiger partial charge on any atom is -0.492 e. The first-order valence-corrected chi connectivity index (χ1v) is 5.13. The van der Waals surface area contributed by atoms with E-state index in [4.69, 9.17) is 0 Å². The highest BCUT2D eigenvalue weighted by atomic mass is 79.9. The summed E-state index contributed by atoms with van der Waals surface area (Å²) < 4.78 is 27.9. The molecule has 90 valence electrons. The third-order valence-corrected chi connectivity index (χ3v) is 2.34. The molecule has 16 heavy (non-hydrogen) atoms. The summed E-state index contributed by atoms with van der Waals surface area (Å²) in [5.74, 6) is -0.257. The molecule has 1 aromatic rings. The fourth-order valence-electron chi connectivity index (χ4n) is 0.952. The summed E-state index contributed by atoms with van der Waals surface area (Å²) in [6.45, 7) is -0.666. The molecule has 0 unspecified atom stereocenters. The lowest BCUT2D eigenvalue weighted by molar-refractivity contribution is 0.0182. The molecule has 8 heteroatoms. The van der Waals surface area contributed by atoms with Crippen molar-refractivity contribution >= 4 is 15.9 Å². The highest BCUT2D eigenvalue weighted by molar-refractivity contribution is 9.10. The van der Waals surface area contributed by atoms with Gasteiger partial charge in [-0.15, -0.1) is 0 Å². The zero-order chi connectivity index (χ0) is 12.1. The zero-order valence-electron chi connectivity index (χ0n) is 8.04. The minimum atomic E-state index is -2.52. The van der Waals surface area contributed by atoms with Gasteiger partial charge < -0.3 is 14.8 Å². The molecule has 5 nitrogen and oxygen atoms in total. The van der Waals surface area contributed by atoms with Crippen molar-refractivity contribution in [2.24, 2.45) is 0 Å². The molecule has 0 saturated carbocycles. The third kappa shape index (κ3) is 3.86. The predicted octanol–water partition coefficient (Wildman–Crippen LogP) is 1.06. The first kappa shape index (κ1) is 13.0. The molecule has 0 fully saturated rings. The monoisotopic (exact) mass is 298 g/mol. The average Bonchev–Trinajstić information content (AvgIpc) is 2.20. The number of halogens is 3. The largest absolute Gasteiger partial charge is 0.492 e. The Kier molecular flexibility index (Phi) is 4.81. The number of H-pyrrole nitrogens is 1. The van der Waals surface area contributed by atoms with Crippen LogP contribution in [0, 0.1) is 0 Å². The van der Waals surface area contributed by atoms with Gasteiger partial charge in [0.25, 0.3) is 12.0 Å². The lowest BCUT2D eigenvalue weighted by atomic mass is 10.4. The number of aromatic nitrogens is 2. The van der Waals surface area contributed by atoms with E-state index < -0.39 is 24.5 Å². The predicted molar refractivity (Wildman–Crippen MR) is 54.7 cm³/mol. The molecule has 0 aliphatic carbocycles. The third-order valence-electron chi connectivity index (χ3n) is 1.62. The van der Waals surface area contributed by atoms with Crippen LogP contribution in [0.4, 0.5) is 8.78 Å². The Morgan fingerprint density at radius 1 is 1.56 bits per heavy atom. The van der Waals surface area contributed by atoms with Gasteiger partial charge in [-0.3, -0.25) is 4.79 Å². The average molecular weight is 299 g/mol. The van der Waals surface area contributed by atoms with E-state index in [-0.39, 0.29) is 23.3 Å². The van der Waals surface area contributed by atoms with Crippen LogP contribution in [-0.4, -0.2) is 34.7 Å². The van der Waals surface area contributed by atoms with Crippen LogP contribution in [0.1, 0.15) is 5.82 Å². The number of aromatic amines is 1. The normalized spacial score (nSPS) is 11.0. The van der Waals surface area contributed by atoms with E-state index in [2.05, 4.69) is 30.6 Å². The number of nitrogens with zero attached hydrogens (tertiary/aromatic N) is 1. The van der Waals surface area contributed by atoms with Gasteiger partial charge in [0, 0.05) is 6.42 Å². The maximum absolute atomic E-state index is 11.7. The summed E-state index contributed by atoms with van der Waals surface area (Å²) in [7, 11) is 0. The molecule has 1 heterocycles. The van der Waals surface area contributed by atoms with E-state index in [1.54, 1.807) is 0 Å². The number of hydrogen-bond donors (Lipinski definition) is 2. The number of aromatic hydroxyl groups is 1. The maximum atomic E-state index is 11.7. The Morgan fingerprint density at radius 2 is 2.25 bits per heavy atom. The number of hydrogen-bond acceptors (Lipinski definition) is 4. The second-order valence-corrected chi connectivity index (χ2v) is 3.66. The van der Waals surface area contributed by atoms with E-state index in [9.17, 15) is 18.7 Å². The van der Waals surface area contributed by atoms with Gasteiger partial charge >= 0.3 is 0 Å².